The summed E-state index contributed by atoms with van der Waals surface area (Å²) < 4.78 is 67.8. The number of methoxy groups -OCH3 is 1. The van der Waals surface area contributed by atoms with E-state index in [9.17, 15) is 26.7 Å². The van der Waals surface area contributed by atoms with Crippen LogP contribution in [-0.4, -0.2) is 23.2 Å². The van der Waals surface area contributed by atoms with Crippen LogP contribution < -0.4 is 4.74 Å². The fraction of sp³-hybridized carbons (Fsp3) is 0.400. The zero-order chi connectivity index (χ0) is 14.8. The molecule has 4 nitrogen and oxygen atoms in total. The van der Waals surface area contributed by atoms with E-state index in [4.69, 9.17) is 5.11 Å². The Morgan fingerprint density at radius 3 is 2.42 bits per heavy atom. The van der Waals surface area contributed by atoms with Crippen molar-refractivity contribution in [3.8, 4) is 5.75 Å². The van der Waals surface area contributed by atoms with Gasteiger partial charge in [-0.25, -0.2) is 8.78 Å². The van der Waals surface area contributed by atoms with Crippen LogP contribution in [0.25, 0.3) is 0 Å². The molecule has 0 aliphatic heterocycles. The molecule has 0 bridgehead atoms. The largest absolute Gasteiger partial charge is 0.496 e. The van der Waals surface area contributed by atoms with E-state index in [0.717, 1.165) is 7.11 Å². The van der Waals surface area contributed by atoms with Crippen molar-refractivity contribution in [2.75, 3.05) is 7.11 Å². The first-order valence-corrected chi connectivity index (χ1v) is 4.81. The van der Waals surface area contributed by atoms with Crippen molar-refractivity contribution in [2.24, 2.45) is 0 Å². The van der Waals surface area contributed by atoms with Crippen molar-refractivity contribution in [1.29, 1.82) is 0 Å². The van der Waals surface area contributed by atoms with E-state index in [0.29, 0.717) is 6.20 Å². The van der Waals surface area contributed by atoms with Crippen molar-refractivity contribution in [3.05, 3.63) is 23.0 Å². The highest BCUT2D eigenvalue weighted by Crippen LogP contribution is 2.42. The minimum atomic E-state index is -5.13. The van der Waals surface area contributed by atoms with Gasteiger partial charge in [-0.1, -0.05) is 0 Å². The highest BCUT2D eigenvalue weighted by atomic mass is 19.4. The number of hydrogen-bond acceptors (Lipinski definition) is 3. The number of halogens is 5. The molecular weight excluding hydrogens is 277 g/mol. The van der Waals surface area contributed by atoms with E-state index in [1.807, 2.05) is 0 Å². The summed E-state index contributed by atoms with van der Waals surface area (Å²) in [7, 11) is 0.838. The fourth-order valence-corrected chi connectivity index (χ4v) is 1.51. The zero-order valence-electron chi connectivity index (χ0n) is 9.46. The zero-order valence-corrected chi connectivity index (χ0v) is 9.46. The van der Waals surface area contributed by atoms with Crippen molar-refractivity contribution in [3.63, 3.8) is 0 Å². The number of carboxylic acids is 1. The van der Waals surface area contributed by atoms with Gasteiger partial charge in [0.15, 0.2) is 0 Å². The standard InChI is InChI=1S/C10H8F5NO3/c1-19-8-4(2-5(17)18)3-16-7(9(11)12)6(8)10(13,14)15/h3,9H,2H2,1H3,(H,17,18). The van der Waals surface area contributed by atoms with E-state index < -0.39 is 47.6 Å². The lowest BCUT2D eigenvalue weighted by Gasteiger charge is -2.17. The highest BCUT2D eigenvalue weighted by Gasteiger charge is 2.41. The SMILES string of the molecule is COc1c(CC(=O)O)cnc(C(F)F)c1C(F)(F)F. The Bertz CT molecular complexity index is 487. The topological polar surface area (TPSA) is 59.4 Å². The third-order valence-corrected chi connectivity index (χ3v) is 2.17. The van der Waals surface area contributed by atoms with Crippen molar-refractivity contribution < 1.29 is 36.6 Å². The number of aromatic nitrogens is 1. The molecule has 0 aromatic carbocycles. The summed E-state index contributed by atoms with van der Waals surface area (Å²) in [6, 6.07) is 0. The molecule has 0 radical (unpaired) electrons. The summed E-state index contributed by atoms with van der Waals surface area (Å²) in [5, 5.41) is 8.55. The first-order valence-electron chi connectivity index (χ1n) is 4.81. The maximum absolute atomic E-state index is 12.8. The molecule has 1 heterocycles. The quantitative estimate of drug-likeness (QED) is 0.864. The molecule has 1 rings (SSSR count). The number of pyridine rings is 1. The number of carboxylic acid groups (broad SMARTS) is 1. The Balaban J connectivity index is 3.55. The summed E-state index contributed by atoms with van der Waals surface area (Å²) in [5.74, 6) is -2.38. The molecule has 0 saturated carbocycles. The molecule has 0 aliphatic carbocycles. The van der Waals surface area contributed by atoms with E-state index in [1.165, 1.54) is 0 Å². The summed E-state index contributed by atoms with van der Waals surface area (Å²) >= 11 is 0. The number of aliphatic carboxylic acids is 1. The molecule has 9 heteroatoms. The number of carbonyl (C=O) groups is 1. The molecule has 0 aliphatic rings. The number of ether oxygens (including phenoxy) is 1. The Labute approximate surface area is 103 Å². The summed E-state index contributed by atoms with van der Waals surface area (Å²) in [5.41, 5.74) is -3.66. The normalized spacial score (nSPS) is 11.7. The number of hydrogen-bond donors (Lipinski definition) is 1. The van der Waals surface area contributed by atoms with Gasteiger partial charge in [-0.05, 0) is 0 Å². The molecule has 0 amide bonds. The fourth-order valence-electron chi connectivity index (χ4n) is 1.51. The van der Waals surface area contributed by atoms with Crippen LogP contribution in [0.1, 0.15) is 23.2 Å². The summed E-state index contributed by atoms with van der Waals surface area (Å²) in [6.45, 7) is 0. The minimum Gasteiger partial charge on any atom is -0.496 e. The third-order valence-electron chi connectivity index (χ3n) is 2.17. The van der Waals surface area contributed by atoms with Gasteiger partial charge in [-0.2, -0.15) is 13.2 Å². The molecule has 106 valence electrons. The lowest BCUT2D eigenvalue weighted by Crippen LogP contribution is -2.16. The molecule has 0 spiro atoms. The highest BCUT2D eigenvalue weighted by molar-refractivity contribution is 5.71. The molecule has 19 heavy (non-hydrogen) atoms. The van der Waals surface area contributed by atoms with Crippen molar-refractivity contribution in [1.82, 2.24) is 4.98 Å². The second-order valence-corrected chi connectivity index (χ2v) is 3.45. The average molecular weight is 285 g/mol. The maximum Gasteiger partial charge on any atom is 0.421 e. The average Bonchev–Trinajstić information content (AvgIpc) is 2.25. The van der Waals surface area contributed by atoms with Crippen LogP contribution in [0.4, 0.5) is 22.0 Å². The van der Waals surface area contributed by atoms with Crippen LogP contribution in [0.3, 0.4) is 0 Å². The second kappa shape index (κ2) is 5.37. The van der Waals surface area contributed by atoms with Crippen LogP contribution in [0.5, 0.6) is 5.75 Å². The monoisotopic (exact) mass is 285 g/mol. The van der Waals surface area contributed by atoms with Gasteiger partial charge in [-0.15, -0.1) is 0 Å². The molecule has 1 aromatic heterocycles. The van der Waals surface area contributed by atoms with Gasteiger partial charge in [0.05, 0.1) is 13.5 Å². The van der Waals surface area contributed by atoms with E-state index in [1.54, 1.807) is 0 Å². The molecule has 0 atom stereocenters. The third kappa shape index (κ3) is 3.30. The molecule has 0 fully saturated rings. The lowest BCUT2D eigenvalue weighted by molar-refractivity contribution is -0.141. The van der Waals surface area contributed by atoms with Crippen LogP contribution in [0, 0.1) is 0 Å². The van der Waals surface area contributed by atoms with Gasteiger partial charge in [0, 0.05) is 11.8 Å². The Kier molecular flexibility index (Phi) is 4.28. The predicted molar refractivity (Wildman–Crippen MR) is 52.1 cm³/mol. The molecule has 1 N–H and O–H groups in total. The van der Waals surface area contributed by atoms with Gasteiger partial charge >= 0.3 is 12.1 Å². The Morgan fingerprint density at radius 2 is 2.05 bits per heavy atom. The first kappa shape index (κ1) is 15.1. The smallest absolute Gasteiger partial charge is 0.421 e. The van der Waals surface area contributed by atoms with Gasteiger partial charge in [0.2, 0.25) is 0 Å². The second-order valence-electron chi connectivity index (χ2n) is 3.45. The van der Waals surface area contributed by atoms with Crippen molar-refractivity contribution in [2.45, 2.75) is 19.0 Å². The lowest BCUT2D eigenvalue weighted by atomic mass is 10.1. The Hall–Kier alpha value is -1.93. The molecule has 0 unspecified atom stereocenters. The Morgan fingerprint density at radius 1 is 1.47 bits per heavy atom. The molecule has 1 aromatic rings. The minimum absolute atomic E-state index is 0.424. The number of nitrogens with zero attached hydrogens (tertiary/aromatic N) is 1. The van der Waals surface area contributed by atoms with Crippen LogP contribution in [-0.2, 0) is 17.4 Å². The van der Waals surface area contributed by atoms with Gasteiger partial charge in [0.1, 0.15) is 17.0 Å². The van der Waals surface area contributed by atoms with Crippen LogP contribution >= 0.6 is 0 Å². The van der Waals surface area contributed by atoms with Crippen LogP contribution in [0.2, 0.25) is 0 Å². The molecular formula is C10H8F5NO3. The number of rotatable bonds is 4. The summed E-state index contributed by atoms with van der Waals surface area (Å²) in [6.07, 6.45) is -8.75. The number of alkyl halides is 5. The van der Waals surface area contributed by atoms with Gasteiger partial charge in [-0.3, -0.25) is 9.78 Å². The maximum atomic E-state index is 12.8. The van der Waals surface area contributed by atoms with Gasteiger partial charge in [0.25, 0.3) is 6.43 Å². The van der Waals surface area contributed by atoms with Crippen molar-refractivity contribution >= 4 is 5.97 Å². The predicted octanol–water partition coefficient (Wildman–Crippen LogP) is 2.67. The summed E-state index contributed by atoms with van der Waals surface area (Å²) in [4.78, 5) is 13.5. The van der Waals surface area contributed by atoms with E-state index >= 15 is 0 Å². The van der Waals surface area contributed by atoms with E-state index in [-0.39, 0.29) is 0 Å². The molecule has 0 saturated heterocycles. The first-order chi connectivity index (χ1) is 8.68. The van der Waals surface area contributed by atoms with Crippen LogP contribution in [0.15, 0.2) is 6.20 Å². The van der Waals surface area contributed by atoms with E-state index in [2.05, 4.69) is 9.72 Å². The van der Waals surface area contributed by atoms with Gasteiger partial charge < -0.3 is 9.84 Å².